The highest BCUT2D eigenvalue weighted by molar-refractivity contribution is 7.98. The van der Waals surface area contributed by atoms with E-state index in [-0.39, 0.29) is 0 Å². The van der Waals surface area contributed by atoms with Gasteiger partial charge in [0.05, 0.1) is 18.8 Å². The van der Waals surface area contributed by atoms with Gasteiger partial charge in [-0.25, -0.2) is 0 Å². The van der Waals surface area contributed by atoms with Gasteiger partial charge in [0.2, 0.25) is 11.0 Å². The standard InChI is InChI=1S/C15H25N5O2S2/c1-4-7-16-14-15(19-24(21)18-14)17-8-9-23-11-13-6-5-12(22-13)10-20(2)3/h5-6H,4,7-11H2,1-3H3,(H,16,18)(H,17,19). The summed E-state index contributed by atoms with van der Waals surface area (Å²) in [6.45, 7) is 4.20. The summed E-state index contributed by atoms with van der Waals surface area (Å²) in [4.78, 5) is 10.9. The first-order chi connectivity index (χ1) is 11.6. The second-order valence-electron chi connectivity index (χ2n) is 5.59. The van der Waals surface area contributed by atoms with Crippen LogP contribution in [0.25, 0.3) is 0 Å². The Morgan fingerprint density at radius 1 is 1.17 bits per heavy atom. The zero-order valence-corrected chi connectivity index (χ0v) is 16.0. The second-order valence-corrected chi connectivity index (χ2v) is 7.64. The molecule has 9 heteroatoms. The van der Waals surface area contributed by atoms with Gasteiger partial charge < -0.3 is 13.9 Å². The normalized spacial score (nSPS) is 14.1. The fourth-order valence-electron chi connectivity index (χ4n) is 2.03. The largest absolute Gasteiger partial charge is 0.549 e. The molecule has 2 heterocycles. The summed E-state index contributed by atoms with van der Waals surface area (Å²) in [5.74, 6) is 3.66. The van der Waals surface area contributed by atoms with Gasteiger partial charge in [-0.3, -0.25) is 9.98 Å². The molecule has 2 aromatic rings. The lowest BCUT2D eigenvalue weighted by atomic mass is 10.4. The van der Waals surface area contributed by atoms with Crippen LogP contribution in [0.2, 0.25) is 0 Å². The van der Waals surface area contributed by atoms with Gasteiger partial charge in [0.1, 0.15) is 22.7 Å². The minimum absolute atomic E-state index is 0.591. The maximum Gasteiger partial charge on any atom is 0.219 e. The van der Waals surface area contributed by atoms with E-state index in [0.29, 0.717) is 24.1 Å². The molecule has 0 aromatic carbocycles. The van der Waals surface area contributed by atoms with E-state index in [9.17, 15) is 4.55 Å². The summed E-state index contributed by atoms with van der Waals surface area (Å²) in [5.41, 5.74) is 1.19. The number of aromatic amines is 2. The Labute approximate surface area is 149 Å². The molecule has 2 N–H and O–H groups in total. The van der Waals surface area contributed by atoms with Crippen LogP contribution in [0.4, 0.5) is 0 Å². The number of nitrogens with zero attached hydrogens (tertiary/aromatic N) is 3. The van der Waals surface area contributed by atoms with E-state index in [4.69, 9.17) is 4.42 Å². The Balaban J connectivity index is 1.81. The topological polar surface area (TPSA) is 95.7 Å². The number of aromatic nitrogens is 2. The molecule has 1 atom stereocenters. The molecule has 0 fully saturated rings. The van der Waals surface area contributed by atoms with Gasteiger partial charge in [0.25, 0.3) is 0 Å². The first-order valence-corrected chi connectivity index (χ1v) is 10.2. The predicted molar refractivity (Wildman–Crippen MR) is 97.2 cm³/mol. The zero-order valence-electron chi connectivity index (χ0n) is 14.4. The van der Waals surface area contributed by atoms with Crippen molar-refractivity contribution in [3.8, 4) is 0 Å². The van der Waals surface area contributed by atoms with Crippen LogP contribution in [0.15, 0.2) is 26.5 Å². The molecule has 0 radical (unpaired) electrons. The predicted octanol–water partition coefficient (Wildman–Crippen LogP) is 1.87. The van der Waals surface area contributed by atoms with Crippen LogP contribution in [-0.2, 0) is 12.3 Å². The third-order valence-corrected chi connectivity index (χ3v) is 4.75. The Bertz CT molecular complexity index is 741. The van der Waals surface area contributed by atoms with Gasteiger partial charge in [0, 0.05) is 12.3 Å². The van der Waals surface area contributed by atoms with Gasteiger partial charge >= 0.3 is 0 Å². The maximum atomic E-state index is 11.5. The summed E-state index contributed by atoms with van der Waals surface area (Å²) < 4.78 is 22.8. The lowest BCUT2D eigenvalue weighted by Crippen LogP contribution is -2.26. The molecule has 0 amide bonds. The summed E-state index contributed by atoms with van der Waals surface area (Å²) in [7, 11) is 4.04. The van der Waals surface area contributed by atoms with Crippen LogP contribution in [0.5, 0.6) is 0 Å². The highest BCUT2D eigenvalue weighted by Crippen LogP contribution is 2.16. The van der Waals surface area contributed by atoms with Crippen molar-refractivity contribution >= 4 is 22.9 Å². The number of nitrogens with one attached hydrogen (secondary N) is 2. The van der Waals surface area contributed by atoms with Gasteiger partial charge in [-0.05, 0) is 32.6 Å². The van der Waals surface area contributed by atoms with Crippen molar-refractivity contribution < 1.29 is 8.97 Å². The number of H-pyrrole nitrogens is 2. The van der Waals surface area contributed by atoms with Crippen molar-refractivity contribution in [3.05, 3.63) is 34.6 Å². The number of thioether (sulfide) groups is 1. The van der Waals surface area contributed by atoms with E-state index in [1.54, 1.807) is 11.8 Å². The summed E-state index contributed by atoms with van der Waals surface area (Å²) in [6, 6.07) is 4.05. The maximum absolute atomic E-state index is 11.5. The minimum Gasteiger partial charge on any atom is -0.549 e. The van der Waals surface area contributed by atoms with E-state index in [0.717, 1.165) is 36.0 Å². The highest BCUT2D eigenvalue weighted by atomic mass is 32.2. The Morgan fingerprint density at radius 2 is 1.83 bits per heavy atom. The van der Waals surface area contributed by atoms with Crippen LogP contribution in [0.1, 0.15) is 24.9 Å². The molecule has 7 nitrogen and oxygen atoms in total. The van der Waals surface area contributed by atoms with Crippen molar-refractivity contribution in [1.29, 1.82) is 0 Å². The van der Waals surface area contributed by atoms with Crippen molar-refractivity contribution in [2.45, 2.75) is 25.6 Å². The first kappa shape index (κ1) is 19.0. The molecule has 2 aromatic heterocycles. The number of hydrogen-bond acceptors (Lipinski definition) is 6. The second kappa shape index (κ2) is 9.87. The first-order valence-electron chi connectivity index (χ1n) is 7.93. The average Bonchev–Trinajstić information content (AvgIpc) is 3.10. The molecular weight excluding hydrogens is 346 g/mol. The summed E-state index contributed by atoms with van der Waals surface area (Å²) in [5, 5.41) is 0. The fourth-order valence-corrected chi connectivity index (χ4v) is 3.47. The number of rotatable bonds is 9. The van der Waals surface area contributed by atoms with Crippen LogP contribution in [0.3, 0.4) is 0 Å². The Kier molecular flexibility index (Phi) is 7.83. The molecule has 0 aliphatic rings. The van der Waals surface area contributed by atoms with E-state index >= 15 is 0 Å². The van der Waals surface area contributed by atoms with Crippen molar-refractivity contribution in [1.82, 2.24) is 13.6 Å². The zero-order chi connectivity index (χ0) is 17.4. The van der Waals surface area contributed by atoms with Crippen molar-refractivity contribution in [3.63, 3.8) is 0 Å². The van der Waals surface area contributed by atoms with E-state index in [1.807, 2.05) is 26.2 Å². The monoisotopic (exact) mass is 371 g/mol. The molecular formula is C15H25N5O2S2. The minimum atomic E-state index is -1.31. The van der Waals surface area contributed by atoms with Gasteiger partial charge in [0.15, 0.2) is 0 Å². The number of hydrogen-bond donors (Lipinski definition) is 2. The average molecular weight is 372 g/mol. The Hall–Kier alpha value is -1.29. The lowest BCUT2D eigenvalue weighted by molar-refractivity contribution is 0.344. The summed E-state index contributed by atoms with van der Waals surface area (Å²) in [6.07, 6.45) is 0.944. The Morgan fingerprint density at radius 3 is 2.50 bits per heavy atom. The number of furan rings is 1. The molecule has 1 unspecified atom stereocenters. The third kappa shape index (κ3) is 6.31. The molecule has 2 rings (SSSR count). The fraction of sp³-hybridized carbons (Fsp3) is 0.600. The molecule has 0 saturated heterocycles. The van der Waals surface area contributed by atoms with Gasteiger partial charge in [-0.2, -0.15) is 20.5 Å². The molecule has 0 spiro atoms. The van der Waals surface area contributed by atoms with E-state index in [2.05, 4.69) is 30.6 Å². The van der Waals surface area contributed by atoms with Gasteiger partial charge in [-0.15, -0.1) is 0 Å². The quantitative estimate of drug-likeness (QED) is 0.519. The molecule has 0 aliphatic carbocycles. The molecule has 0 aliphatic heterocycles. The molecule has 134 valence electrons. The van der Waals surface area contributed by atoms with Crippen molar-refractivity contribution in [2.24, 2.45) is 9.98 Å². The van der Waals surface area contributed by atoms with Gasteiger partial charge in [-0.1, -0.05) is 6.92 Å². The molecule has 0 bridgehead atoms. The lowest BCUT2D eigenvalue weighted by Gasteiger charge is -2.05. The van der Waals surface area contributed by atoms with E-state index < -0.39 is 11.1 Å². The highest BCUT2D eigenvalue weighted by Gasteiger charge is 2.03. The SMILES string of the molecule is CCCN=c1[nH][s+]([O-])[nH]c1=NCCSCc1ccc(CN(C)C)o1. The smallest absolute Gasteiger partial charge is 0.219 e. The molecule has 24 heavy (non-hydrogen) atoms. The third-order valence-electron chi connectivity index (χ3n) is 3.04. The molecule has 0 saturated carbocycles. The van der Waals surface area contributed by atoms with Crippen LogP contribution >= 0.6 is 22.9 Å². The van der Waals surface area contributed by atoms with Crippen LogP contribution in [0, 0.1) is 0 Å². The van der Waals surface area contributed by atoms with Crippen LogP contribution < -0.4 is 11.0 Å². The van der Waals surface area contributed by atoms with Crippen molar-refractivity contribution in [2.75, 3.05) is 32.9 Å². The van der Waals surface area contributed by atoms with E-state index in [1.165, 1.54) is 0 Å². The van der Waals surface area contributed by atoms with Crippen LogP contribution in [-0.4, -0.2) is 51.1 Å². The summed E-state index contributed by atoms with van der Waals surface area (Å²) >= 11 is 0.450.